The molecule has 7 nitrogen and oxygen atoms in total. The van der Waals surface area contributed by atoms with Crippen molar-refractivity contribution >= 4 is 28.4 Å². The monoisotopic (exact) mass is 360 g/mol. The van der Waals surface area contributed by atoms with Gasteiger partial charge < -0.3 is 5.32 Å². The number of aliphatic imine (C=N–C) groups is 1. The Morgan fingerprint density at radius 1 is 1.26 bits per heavy atom. The molecule has 1 N–H and O–H groups in total. The first-order valence-electron chi connectivity index (χ1n) is 8.46. The summed E-state index contributed by atoms with van der Waals surface area (Å²) in [4.78, 5) is 44.7. The van der Waals surface area contributed by atoms with E-state index in [-0.39, 0.29) is 23.9 Å². The van der Waals surface area contributed by atoms with Crippen molar-refractivity contribution in [1.82, 2.24) is 14.9 Å². The lowest BCUT2D eigenvalue weighted by molar-refractivity contribution is -0.118. The zero-order valence-electron chi connectivity index (χ0n) is 14.5. The molecular weight excluding hydrogens is 344 g/mol. The molecule has 134 valence electrons. The van der Waals surface area contributed by atoms with Crippen LogP contribution >= 0.6 is 0 Å². The van der Waals surface area contributed by atoms with E-state index in [1.807, 2.05) is 13.0 Å². The molecule has 0 spiro atoms. The summed E-state index contributed by atoms with van der Waals surface area (Å²) in [5.74, 6) is -0.674. The minimum atomic E-state index is -0.474. The first-order valence-corrected chi connectivity index (χ1v) is 8.46. The van der Waals surface area contributed by atoms with E-state index < -0.39 is 5.91 Å². The number of amides is 2. The van der Waals surface area contributed by atoms with Crippen LogP contribution < -0.4 is 10.9 Å². The molecule has 0 saturated heterocycles. The number of fused-ring (bicyclic) bond motifs is 2. The van der Waals surface area contributed by atoms with Gasteiger partial charge in [0.05, 0.1) is 22.9 Å². The normalized spacial score (nSPS) is 20.1. The number of hydrogen-bond donors (Lipinski definition) is 1. The van der Waals surface area contributed by atoms with Crippen molar-refractivity contribution in [3.05, 3.63) is 76.5 Å². The average molecular weight is 360 g/mol. The second-order valence-corrected chi connectivity index (χ2v) is 6.44. The SMILES string of the molecule is CC1=CC(=O)NC2=CC(=NC(=O)Cn3cnc4ccccc4c3=O)C=CC12. The number of carbonyl (C=O) groups excluding carboxylic acids is 2. The molecule has 1 aliphatic heterocycles. The lowest BCUT2D eigenvalue weighted by Gasteiger charge is -2.25. The van der Waals surface area contributed by atoms with Crippen LogP contribution in [0.5, 0.6) is 0 Å². The molecule has 1 aliphatic carbocycles. The highest BCUT2D eigenvalue weighted by Gasteiger charge is 2.23. The third-order valence-electron chi connectivity index (χ3n) is 4.51. The van der Waals surface area contributed by atoms with E-state index in [1.165, 1.54) is 10.9 Å². The number of nitrogens with one attached hydrogen (secondary N) is 1. The summed E-state index contributed by atoms with van der Waals surface area (Å²) in [5.41, 5.74) is 2.36. The fraction of sp³-hybridized carbons (Fsp3) is 0.150. The third kappa shape index (κ3) is 3.27. The summed E-state index contributed by atoms with van der Waals surface area (Å²) in [5, 5.41) is 3.22. The summed E-state index contributed by atoms with van der Waals surface area (Å²) in [6.07, 6.45) is 8.21. The molecule has 1 unspecified atom stereocenters. The van der Waals surface area contributed by atoms with Crippen LogP contribution in [0.1, 0.15) is 6.92 Å². The molecule has 1 atom stereocenters. The molecule has 4 rings (SSSR count). The highest BCUT2D eigenvalue weighted by molar-refractivity contribution is 6.11. The van der Waals surface area contributed by atoms with Gasteiger partial charge in [-0.25, -0.2) is 9.98 Å². The number of hydrogen-bond acceptors (Lipinski definition) is 4. The van der Waals surface area contributed by atoms with E-state index in [9.17, 15) is 14.4 Å². The first-order chi connectivity index (χ1) is 13.0. The van der Waals surface area contributed by atoms with E-state index in [4.69, 9.17) is 0 Å². The van der Waals surface area contributed by atoms with Gasteiger partial charge in [0.2, 0.25) is 5.91 Å². The standard InChI is InChI=1S/C20H16N4O3/c1-12-8-18(25)23-17-9-13(6-7-14(12)17)22-19(26)10-24-11-21-16-5-3-2-4-15(16)20(24)27/h2-9,11,14H,10H2,1H3,(H,23,25). The second kappa shape index (κ2) is 6.60. The molecular formula is C20H16N4O3. The van der Waals surface area contributed by atoms with Crippen molar-refractivity contribution in [3.8, 4) is 0 Å². The van der Waals surface area contributed by atoms with Gasteiger partial charge in [0.1, 0.15) is 6.54 Å². The van der Waals surface area contributed by atoms with Gasteiger partial charge >= 0.3 is 0 Å². The van der Waals surface area contributed by atoms with Crippen molar-refractivity contribution in [3.63, 3.8) is 0 Å². The number of benzene rings is 1. The molecule has 0 fully saturated rings. The topological polar surface area (TPSA) is 93.4 Å². The van der Waals surface area contributed by atoms with Gasteiger partial charge in [-0.3, -0.25) is 19.0 Å². The minimum Gasteiger partial charge on any atom is -0.325 e. The molecule has 27 heavy (non-hydrogen) atoms. The Hall–Kier alpha value is -3.61. The minimum absolute atomic E-state index is 0.0101. The Morgan fingerprint density at radius 2 is 2.07 bits per heavy atom. The highest BCUT2D eigenvalue weighted by Crippen LogP contribution is 2.26. The van der Waals surface area contributed by atoms with E-state index in [0.29, 0.717) is 22.3 Å². The van der Waals surface area contributed by atoms with Crippen molar-refractivity contribution in [1.29, 1.82) is 0 Å². The maximum Gasteiger partial charge on any atom is 0.266 e. The molecule has 0 bridgehead atoms. The van der Waals surface area contributed by atoms with Crippen molar-refractivity contribution in [2.75, 3.05) is 0 Å². The molecule has 0 radical (unpaired) electrons. The van der Waals surface area contributed by atoms with Crippen LogP contribution in [0.25, 0.3) is 10.9 Å². The zero-order valence-corrected chi connectivity index (χ0v) is 14.5. The van der Waals surface area contributed by atoms with Gasteiger partial charge in [-0.15, -0.1) is 0 Å². The fourth-order valence-electron chi connectivity index (χ4n) is 3.19. The second-order valence-electron chi connectivity index (χ2n) is 6.44. The predicted molar refractivity (Wildman–Crippen MR) is 101 cm³/mol. The van der Waals surface area contributed by atoms with Crippen LogP contribution in [-0.4, -0.2) is 27.1 Å². The Bertz CT molecular complexity index is 1150. The number of para-hydroxylation sites is 1. The molecule has 7 heteroatoms. The van der Waals surface area contributed by atoms with E-state index in [2.05, 4.69) is 15.3 Å². The number of aromatic nitrogens is 2. The Kier molecular flexibility index (Phi) is 4.12. The van der Waals surface area contributed by atoms with Gasteiger partial charge in [0.15, 0.2) is 0 Å². The van der Waals surface area contributed by atoms with Crippen LogP contribution in [0.15, 0.2) is 76.0 Å². The maximum absolute atomic E-state index is 12.5. The molecule has 2 aromatic rings. The first kappa shape index (κ1) is 16.8. The van der Waals surface area contributed by atoms with E-state index in [1.54, 1.807) is 42.5 Å². The lowest BCUT2D eigenvalue weighted by atomic mass is 9.89. The van der Waals surface area contributed by atoms with Crippen LogP contribution in [0.3, 0.4) is 0 Å². The lowest BCUT2D eigenvalue weighted by Crippen LogP contribution is -2.32. The van der Waals surface area contributed by atoms with Gasteiger partial charge in [-0.05, 0) is 31.2 Å². The fourth-order valence-corrected chi connectivity index (χ4v) is 3.19. The Balaban J connectivity index is 1.58. The number of rotatable bonds is 2. The van der Waals surface area contributed by atoms with Crippen molar-refractivity contribution < 1.29 is 9.59 Å². The summed E-state index contributed by atoms with van der Waals surface area (Å²) in [6.45, 7) is 1.68. The Labute approximate surface area is 154 Å². The maximum atomic E-state index is 12.5. The number of allylic oxidation sites excluding steroid dienone is 3. The average Bonchev–Trinajstić information content (AvgIpc) is 2.64. The Morgan fingerprint density at radius 3 is 2.93 bits per heavy atom. The summed E-state index contributed by atoms with van der Waals surface area (Å²) < 4.78 is 1.24. The number of nitrogens with zero attached hydrogens (tertiary/aromatic N) is 3. The summed E-state index contributed by atoms with van der Waals surface area (Å²) in [7, 11) is 0. The van der Waals surface area contributed by atoms with Gasteiger partial charge in [-0.1, -0.05) is 23.8 Å². The van der Waals surface area contributed by atoms with Crippen LogP contribution in [0, 0.1) is 5.92 Å². The van der Waals surface area contributed by atoms with Crippen LogP contribution in [0.2, 0.25) is 0 Å². The summed E-state index contributed by atoms with van der Waals surface area (Å²) >= 11 is 0. The van der Waals surface area contributed by atoms with Gasteiger partial charge in [-0.2, -0.15) is 0 Å². The van der Waals surface area contributed by atoms with Gasteiger partial charge in [0, 0.05) is 17.7 Å². The third-order valence-corrected chi connectivity index (χ3v) is 4.51. The molecule has 2 aliphatic rings. The quantitative estimate of drug-likeness (QED) is 0.878. The van der Waals surface area contributed by atoms with Crippen LogP contribution in [0.4, 0.5) is 0 Å². The smallest absolute Gasteiger partial charge is 0.266 e. The largest absolute Gasteiger partial charge is 0.325 e. The van der Waals surface area contributed by atoms with Crippen molar-refractivity contribution in [2.24, 2.45) is 10.9 Å². The van der Waals surface area contributed by atoms with E-state index in [0.717, 1.165) is 5.57 Å². The van der Waals surface area contributed by atoms with Crippen LogP contribution in [-0.2, 0) is 16.1 Å². The van der Waals surface area contributed by atoms with Crippen molar-refractivity contribution in [2.45, 2.75) is 13.5 Å². The molecule has 2 amide bonds. The summed E-state index contributed by atoms with van der Waals surface area (Å²) in [6, 6.07) is 6.97. The van der Waals surface area contributed by atoms with Gasteiger partial charge in [0.25, 0.3) is 11.5 Å². The molecule has 0 saturated carbocycles. The molecule has 2 heterocycles. The molecule has 1 aromatic heterocycles. The predicted octanol–water partition coefficient (Wildman–Crippen LogP) is 1.51. The highest BCUT2D eigenvalue weighted by atomic mass is 16.2. The zero-order chi connectivity index (χ0) is 19.0. The number of carbonyl (C=O) groups is 2. The molecule has 1 aromatic carbocycles. The van der Waals surface area contributed by atoms with E-state index >= 15 is 0 Å².